The Morgan fingerprint density at radius 2 is 2.16 bits per heavy atom. The van der Waals surface area contributed by atoms with Crippen molar-refractivity contribution in [2.75, 3.05) is 32.7 Å². The SMILES string of the molecule is O=c1[nH]c2cc(C(O)CN3CCNCC3)ccc2o1. The number of oxazole rings is 1. The highest BCUT2D eigenvalue weighted by atomic mass is 16.4. The zero-order valence-electron chi connectivity index (χ0n) is 10.6. The van der Waals surface area contributed by atoms with Crippen LogP contribution < -0.4 is 11.1 Å². The number of nitrogens with zero attached hydrogens (tertiary/aromatic N) is 1. The number of fused-ring (bicyclic) bond motifs is 1. The summed E-state index contributed by atoms with van der Waals surface area (Å²) >= 11 is 0. The van der Waals surface area contributed by atoms with Crippen molar-refractivity contribution in [1.82, 2.24) is 15.2 Å². The number of H-pyrrole nitrogens is 1. The van der Waals surface area contributed by atoms with Gasteiger partial charge in [0, 0.05) is 32.7 Å². The van der Waals surface area contributed by atoms with E-state index in [1.807, 2.05) is 0 Å². The Morgan fingerprint density at radius 1 is 1.37 bits per heavy atom. The summed E-state index contributed by atoms with van der Waals surface area (Å²) in [6.45, 7) is 4.42. The Bertz CT molecular complexity index is 613. The Kier molecular flexibility index (Phi) is 3.37. The lowest BCUT2D eigenvalue weighted by Gasteiger charge is -2.29. The molecule has 2 heterocycles. The molecule has 1 aliphatic heterocycles. The largest absolute Gasteiger partial charge is 0.417 e. The van der Waals surface area contributed by atoms with Gasteiger partial charge in [0.05, 0.1) is 11.6 Å². The second kappa shape index (κ2) is 5.16. The molecule has 0 spiro atoms. The van der Waals surface area contributed by atoms with Crippen molar-refractivity contribution in [3.63, 3.8) is 0 Å². The minimum atomic E-state index is -0.555. The van der Waals surface area contributed by atoms with Crippen molar-refractivity contribution in [2.24, 2.45) is 0 Å². The third kappa shape index (κ3) is 2.70. The number of aromatic nitrogens is 1. The fourth-order valence-corrected chi connectivity index (χ4v) is 2.42. The van der Waals surface area contributed by atoms with Crippen LogP contribution in [0, 0.1) is 0 Å². The average molecular weight is 263 g/mol. The smallest absolute Gasteiger partial charge is 0.408 e. The van der Waals surface area contributed by atoms with Crippen LogP contribution in [0.15, 0.2) is 27.4 Å². The Hall–Kier alpha value is -1.63. The number of aromatic amines is 1. The van der Waals surface area contributed by atoms with Crippen LogP contribution >= 0.6 is 0 Å². The number of rotatable bonds is 3. The summed E-state index contributed by atoms with van der Waals surface area (Å²) < 4.78 is 4.94. The molecule has 1 unspecified atom stereocenters. The summed E-state index contributed by atoms with van der Waals surface area (Å²) in [7, 11) is 0. The molecule has 1 atom stereocenters. The fraction of sp³-hybridized carbons (Fsp3) is 0.462. The quantitative estimate of drug-likeness (QED) is 0.729. The predicted octanol–water partition coefficient (Wildman–Crippen LogP) is 0.0597. The van der Waals surface area contributed by atoms with Crippen molar-refractivity contribution in [3.8, 4) is 0 Å². The molecule has 3 N–H and O–H groups in total. The van der Waals surface area contributed by atoms with Crippen LogP contribution in [0.2, 0.25) is 0 Å². The Balaban J connectivity index is 1.76. The highest BCUT2D eigenvalue weighted by Crippen LogP contribution is 2.19. The first-order valence-corrected chi connectivity index (χ1v) is 6.46. The summed E-state index contributed by atoms with van der Waals surface area (Å²) in [6.07, 6.45) is -0.555. The molecule has 1 fully saturated rings. The van der Waals surface area contributed by atoms with Gasteiger partial charge in [-0.1, -0.05) is 6.07 Å². The Morgan fingerprint density at radius 3 is 2.95 bits per heavy atom. The molecule has 6 nitrogen and oxygen atoms in total. The van der Waals surface area contributed by atoms with Gasteiger partial charge in [-0.15, -0.1) is 0 Å². The molecule has 0 bridgehead atoms. The molecule has 19 heavy (non-hydrogen) atoms. The van der Waals surface area contributed by atoms with Crippen molar-refractivity contribution < 1.29 is 9.52 Å². The van der Waals surface area contributed by atoms with E-state index in [0.717, 1.165) is 31.7 Å². The minimum Gasteiger partial charge on any atom is -0.408 e. The highest BCUT2D eigenvalue weighted by Gasteiger charge is 2.16. The lowest BCUT2D eigenvalue weighted by molar-refractivity contribution is 0.106. The summed E-state index contributed by atoms with van der Waals surface area (Å²) in [5.41, 5.74) is 1.94. The van der Waals surface area contributed by atoms with Gasteiger partial charge in [-0.25, -0.2) is 4.79 Å². The summed E-state index contributed by atoms with van der Waals surface area (Å²) in [4.78, 5) is 15.9. The maximum Gasteiger partial charge on any atom is 0.417 e. The number of β-amino-alcohol motifs (C(OH)–C–C–N with tert-alkyl or cyclic N) is 1. The number of nitrogens with one attached hydrogen (secondary N) is 2. The number of piperazine rings is 1. The minimum absolute atomic E-state index is 0.469. The van der Waals surface area contributed by atoms with Crippen LogP contribution in [0.4, 0.5) is 0 Å². The van der Waals surface area contributed by atoms with E-state index in [4.69, 9.17) is 4.42 Å². The summed E-state index contributed by atoms with van der Waals surface area (Å²) in [5, 5.41) is 13.5. The van der Waals surface area contributed by atoms with Crippen LogP contribution in [0.5, 0.6) is 0 Å². The number of aliphatic hydroxyl groups is 1. The zero-order chi connectivity index (χ0) is 13.2. The molecule has 2 aromatic rings. The van der Waals surface area contributed by atoms with Gasteiger partial charge in [-0.05, 0) is 17.7 Å². The van der Waals surface area contributed by atoms with Crippen LogP contribution in [0.3, 0.4) is 0 Å². The predicted molar refractivity (Wildman–Crippen MR) is 71.1 cm³/mol. The van der Waals surface area contributed by atoms with Gasteiger partial charge in [0.2, 0.25) is 0 Å². The van der Waals surface area contributed by atoms with Gasteiger partial charge in [-0.3, -0.25) is 9.88 Å². The van der Waals surface area contributed by atoms with E-state index in [1.165, 1.54) is 0 Å². The van der Waals surface area contributed by atoms with Crippen LogP contribution in [0.25, 0.3) is 11.1 Å². The molecule has 1 aromatic heterocycles. The second-order valence-electron chi connectivity index (χ2n) is 4.84. The van der Waals surface area contributed by atoms with Gasteiger partial charge in [0.15, 0.2) is 5.58 Å². The van der Waals surface area contributed by atoms with E-state index in [0.29, 0.717) is 17.6 Å². The van der Waals surface area contributed by atoms with Crippen molar-refractivity contribution in [3.05, 3.63) is 34.3 Å². The molecular formula is C13H17N3O3. The number of hydrogen-bond donors (Lipinski definition) is 3. The fourth-order valence-electron chi connectivity index (χ4n) is 2.42. The Labute approximate surface area is 110 Å². The van der Waals surface area contributed by atoms with Gasteiger partial charge in [0.25, 0.3) is 0 Å². The van der Waals surface area contributed by atoms with Crippen molar-refractivity contribution >= 4 is 11.1 Å². The molecule has 0 saturated carbocycles. The van der Waals surface area contributed by atoms with E-state index in [9.17, 15) is 9.90 Å². The molecule has 0 aliphatic carbocycles. The monoisotopic (exact) mass is 263 g/mol. The van der Waals surface area contributed by atoms with Gasteiger partial charge < -0.3 is 14.8 Å². The van der Waals surface area contributed by atoms with Crippen molar-refractivity contribution in [1.29, 1.82) is 0 Å². The molecule has 1 aliphatic rings. The van der Waals surface area contributed by atoms with E-state index >= 15 is 0 Å². The second-order valence-corrected chi connectivity index (χ2v) is 4.84. The first-order valence-electron chi connectivity index (χ1n) is 6.46. The highest BCUT2D eigenvalue weighted by molar-refractivity contribution is 5.72. The first kappa shape index (κ1) is 12.4. The summed E-state index contributed by atoms with van der Waals surface area (Å²) in [5.74, 6) is -0.469. The molecule has 0 amide bonds. The number of hydrogen-bond acceptors (Lipinski definition) is 5. The zero-order valence-corrected chi connectivity index (χ0v) is 10.6. The molecule has 0 radical (unpaired) electrons. The van der Waals surface area contributed by atoms with Gasteiger partial charge >= 0.3 is 5.76 Å². The first-order chi connectivity index (χ1) is 9.22. The molecule has 6 heteroatoms. The standard InChI is InChI=1S/C13H17N3O3/c17-11(8-16-5-3-14-4-6-16)9-1-2-12-10(7-9)15-13(18)19-12/h1-2,7,11,14,17H,3-6,8H2,(H,15,18). The van der Waals surface area contributed by atoms with Gasteiger partial charge in [0.1, 0.15) is 0 Å². The molecule has 3 rings (SSSR count). The normalized spacial score (nSPS) is 18.8. The maximum absolute atomic E-state index is 11.1. The lowest BCUT2D eigenvalue weighted by Crippen LogP contribution is -2.44. The lowest BCUT2D eigenvalue weighted by atomic mass is 10.1. The third-order valence-corrected chi connectivity index (χ3v) is 3.47. The van der Waals surface area contributed by atoms with E-state index in [2.05, 4.69) is 15.2 Å². The topological polar surface area (TPSA) is 81.5 Å². The molecular weight excluding hydrogens is 246 g/mol. The van der Waals surface area contributed by atoms with E-state index in [1.54, 1.807) is 18.2 Å². The molecule has 1 saturated heterocycles. The number of benzene rings is 1. The third-order valence-electron chi connectivity index (χ3n) is 3.47. The number of aliphatic hydroxyl groups excluding tert-OH is 1. The average Bonchev–Trinajstić information content (AvgIpc) is 2.78. The van der Waals surface area contributed by atoms with Crippen LogP contribution in [0.1, 0.15) is 11.7 Å². The van der Waals surface area contributed by atoms with Crippen LogP contribution in [-0.2, 0) is 0 Å². The van der Waals surface area contributed by atoms with E-state index < -0.39 is 11.9 Å². The summed E-state index contributed by atoms with van der Waals surface area (Å²) in [6, 6.07) is 5.28. The van der Waals surface area contributed by atoms with Crippen molar-refractivity contribution in [2.45, 2.75) is 6.10 Å². The van der Waals surface area contributed by atoms with Gasteiger partial charge in [-0.2, -0.15) is 0 Å². The van der Waals surface area contributed by atoms with E-state index in [-0.39, 0.29) is 0 Å². The molecule has 1 aromatic carbocycles. The molecule has 102 valence electrons. The maximum atomic E-state index is 11.1. The van der Waals surface area contributed by atoms with Crippen LogP contribution in [-0.4, -0.2) is 47.7 Å².